The molecule has 0 aromatic heterocycles. The van der Waals surface area contributed by atoms with Crippen LogP contribution in [0, 0.1) is 5.92 Å². The predicted molar refractivity (Wildman–Crippen MR) is 71.1 cm³/mol. The van der Waals surface area contributed by atoms with Gasteiger partial charge in [-0.25, -0.2) is 0 Å². The molecule has 2 N–H and O–H groups in total. The minimum atomic E-state index is 0.0237. The van der Waals surface area contributed by atoms with Crippen LogP contribution in [0.2, 0.25) is 0 Å². The summed E-state index contributed by atoms with van der Waals surface area (Å²) in [5, 5.41) is 19.3. The van der Waals surface area contributed by atoms with Crippen LogP contribution < -0.4 is 0 Å². The van der Waals surface area contributed by atoms with Gasteiger partial charge >= 0.3 is 0 Å². The van der Waals surface area contributed by atoms with Gasteiger partial charge in [0.15, 0.2) is 11.5 Å². The Morgan fingerprint density at radius 2 is 2.00 bits per heavy atom. The Balaban J connectivity index is 1.90. The molecule has 0 spiro atoms. The third-order valence-electron chi connectivity index (χ3n) is 4.48. The molecule has 1 aromatic carbocycles. The molecule has 0 saturated carbocycles. The van der Waals surface area contributed by atoms with E-state index in [1.165, 1.54) is 37.1 Å². The Morgan fingerprint density at radius 1 is 1.22 bits per heavy atom. The van der Waals surface area contributed by atoms with Gasteiger partial charge in [0.05, 0.1) is 0 Å². The van der Waals surface area contributed by atoms with E-state index in [4.69, 9.17) is 0 Å². The molecule has 3 nitrogen and oxygen atoms in total. The van der Waals surface area contributed by atoms with Crippen molar-refractivity contribution >= 4 is 0 Å². The van der Waals surface area contributed by atoms with Gasteiger partial charge in [0.25, 0.3) is 0 Å². The maximum Gasteiger partial charge on any atom is 0.157 e. The molecule has 1 aromatic rings. The molecular formula is C15H21NO2. The standard InChI is InChI=1S/C15H21NO2/c1-2-5-16-8-11-4-3-10-6-14(17)15(18)7-12(10)13(11)9-16/h6-7,11,13,17-18H,2-5,8-9H2,1H3. The first-order chi connectivity index (χ1) is 8.69. The van der Waals surface area contributed by atoms with E-state index in [0.717, 1.165) is 18.9 Å². The topological polar surface area (TPSA) is 43.7 Å². The monoisotopic (exact) mass is 247 g/mol. The number of aromatic hydroxyl groups is 2. The lowest BCUT2D eigenvalue weighted by molar-refractivity contribution is 0.322. The minimum Gasteiger partial charge on any atom is -0.504 e. The zero-order valence-corrected chi connectivity index (χ0v) is 10.9. The van der Waals surface area contributed by atoms with E-state index in [0.29, 0.717) is 5.92 Å². The Bertz CT molecular complexity index is 458. The molecule has 1 heterocycles. The van der Waals surface area contributed by atoms with E-state index < -0.39 is 0 Å². The molecule has 2 atom stereocenters. The van der Waals surface area contributed by atoms with Crippen molar-refractivity contribution in [3.8, 4) is 11.5 Å². The lowest BCUT2D eigenvalue weighted by Crippen LogP contribution is -2.21. The molecule has 3 rings (SSSR count). The number of fused-ring (bicyclic) bond motifs is 3. The fourth-order valence-electron chi connectivity index (χ4n) is 3.64. The summed E-state index contributed by atoms with van der Waals surface area (Å²) in [5.41, 5.74) is 2.49. The summed E-state index contributed by atoms with van der Waals surface area (Å²) < 4.78 is 0. The summed E-state index contributed by atoms with van der Waals surface area (Å²) in [6.07, 6.45) is 3.44. The summed E-state index contributed by atoms with van der Waals surface area (Å²) in [4.78, 5) is 2.54. The Hall–Kier alpha value is -1.22. The molecule has 1 fully saturated rings. The van der Waals surface area contributed by atoms with Crippen LogP contribution in [0.3, 0.4) is 0 Å². The number of phenols is 2. The quantitative estimate of drug-likeness (QED) is 0.789. The van der Waals surface area contributed by atoms with Crippen molar-refractivity contribution in [1.29, 1.82) is 0 Å². The van der Waals surface area contributed by atoms with E-state index in [1.807, 2.05) is 0 Å². The van der Waals surface area contributed by atoms with E-state index in [1.54, 1.807) is 12.1 Å². The van der Waals surface area contributed by atoms with Gasteiger partial charge in [-0.3, -0.25) is 0 Å². The van der Waals surface area contributed by atoms with Gasteiger partial charge in [-0.15, -0.1) is 0 Å². The lowest BCUT2D eigenvalue weighted by Gasteiger charge is -2.27. The van der Waals surface area contributed by atoms with Gasteiger partial charge in [-0.2, -0.15) is 0 Å². The van der Waals surface area contributed by atoms with Gasteiger partial charge in [0.2, 0.25) is 0 Å². The average molecular weight is 247 g/mol. The first-order valence-electron chi connectivity index (χ1n) is 6.96. The Morgan fingerprint density at radius 3 is 2.78 bits per heavy atom. The zero-order chi connectivity index (χ0) is 12.7. The number of nitrogens with zero attached hydrogens (tertiary/aromatic N) is 1. The SMILES string of the molecule is CCCN1CC2CCc3cc(O)c(O)cc3C2C1. The van der Waals surface area contributed by atoms with E-state index in [2.05, 4.69) is 11.8 Å². The molecular weight excluding hydrogens is 226 g/mol. The first-order valence-corrected chi connectivity index (χ1v) is 6.96. The van der Waals surface area contributed by atoms with Crippen molar-refractivity contribution in [3.05, 3.63) is 23.3 Å². The molecule has 18 heavy (non-hydrogen) atoms. The van der Waals surface area contributed by atoms with Crippen LogP contribution in [-0.2, 0) is 6.42 Å². The van der Waals surface area contributed by atoms with Gasteiger partial charge in [-0.1, -0.05) is 6.92 Å². The lowest BCUT2D eigenvalue weighted by atomic mass is 9.77. The third-order valence-corrected chi connectivity index (χ3v) is 4.48. The van der Waals surface area contributed by atoms with E-state index >= 15 is 0 Å². The van der Waals surface area contributed by atoms with Crippen LogP contribution in [0.5, 0.6) is 11.5 Å². The highest BCUT2D eigenvalue weighted by Gasteiger charge is 2.37. The molecule has 0 bridgehead atoms. The van der Waals surface area contributed by atoms with Crippen molar-refractivity contribution in [1.82, 2.24) is 4.90 Å². The molecule has 0 amide bonds. The number of aryl methyl sites for hydroxylation is 1. The van der Waals surface area contributed by atoms with Crippen LogP contribution in [0.15, 0.2) is 12.1 Å². The van der Waals surface area contributed by atoms with Crippen LogP contribution in [0.25, 0.3) is 0 Å². The number of benzene rings is 1. The smallest absolute Gasteiger partial charge is 0.157 e. The number of rotatable bonds is 2. The molecule has 1 saturated heterocycles. The van der Waals surface area contributed by atoms with Crippen molar-refractivity contribution in [2.45, 2.75) is 32.1 Å². The second-order valence-electron chi connectivity index (χ2n) is 5.70. The molecule has 1 aliphatic heterocycles. The predicted octanol–water partition coefficient (Wildman–Crippen LogP) is 2.47. The minimum absolute atomic E-state index is 0.0237. The van der Waals surface area contributed by atoms with E-state index in [-0.39, 0.29) is 11.5 Å². The Labute approximate surface area is 108 Å². The van der Waals surface area contributed by atoms with Gasteiger partial charge in [0.1, 0.15) is 0 Å². The summed E-state index contributed by atoms with van der Waals surface area (Å²) >= 11 is 0. The highest BCUT2D eigenvalue weighted by atomic mass is 16.3. The molecule has 1 aliphatic carbocycles. The second-order valence-corrected chi connectivity index (χ2v) is 5.70. The fourth-order valence-corrected chi connectivity index (χ4v) is 3.64. The summed E-state index contributed by atoms with van der Waals surface area (Å²) in [6, 6.07) is 3.54. The molecule has 98 valence electrons. The number of hydrogen-bond acceptors (Lipinski definition) is 3. The van der Waals surface area contributed by atoms with Crippen LogP contribution in [0.1, 0.15) is 36.8 Å². The summed E-state index contributed by atoms with van der Waals surface area (Å²) in [5.74, 6) is 1.33. The van der Waals surface area contributed by atoms with Gasteiger partial charge in [-0.05, 0) is 55.0 Å². The summed E-state index contributed by atoms with van der Waals surface area (Å²) in [7, 11) is 0. The highest BCUT2D eigenvalue weighted by molar-refractivity contribution is 5.48. The van der Waals surface area contributed by atoms with Gasteiger partial charge < -0.3 is 15.1 Å². The Kier molecular flexibility index (Phi) is 2.94. The number of phenolic OH excluding ortho intramolecular Hbond substituents is 2. The maximum atomic E-state index is 9.70. The summed E-state index contributed by atoms with van der Waals surface area (Å²) in [6.45, 7) is 5.70. The molecule has 2 unspecified atom stereocenters. The van der Waals surface area contributed by atoms with Crippen LogP contribution in [-0.4, -0.2) is 34.7 Å². The first kappa shape index (κ1) is 11.8. The maximum absolute atomic E-state index is 9.70. The van der Waals surface area contributed by atoms with Crippen molar-refractivity contribution in [3.63, 3.8) is 0 Å². The second kappa shape index (κ2) is 4.47. The average Bonchev–Trinajstić information content (AvgIpc) is 2.74. The molecule has 0 radical (unpaired) electrons. The highest BCUT2D eigenvalue weighted by Crippen LogP contribution is 2.44. The largest absolute Gasteiger partial charge is 0.504 e. The zero-order valence-electron chi connectivity index (χ0n) is 10.9. The van der Waals surface area contributed by atoms with Crippen LogP contribution >= 0.6 is 0 Å². The fraction of sp³-hybridized carbons (Fsp3) is 0.600. The number of hydrogen-bond donors (Lipinski definition) is 2. The molecule has 3 heteroatoms. The van der Waals surface area contributed by atoms with Crippen molar-refractivity contribution < 1.29 is 10.2 Å². The van der Waals surface area contributed by atoms with E-state index in [9.17, 15) is 10.2 Å². The van der Waals surface area contributed by atoms with Crippen LogP contribution in [0.4, 0.5) is 0 Å². The third kappa shape index (κ3) is 1.87. The van der Waals surface area contributed by atoms with Crippen molar-refractivity contribution in [2.24, 2.45) is 5.92 Å². The number of likely N-dealkylation sites (tertiary alicyclic amines) is 1. The van der Waals surface area contributed by atoms with Crippen molar-refractivity contribution in [2.75, 3.05) is 19.6 Å². The molecule has 2 aliphatic rings. The normalized spacial score (nSPS) is 26.9. The van der Waals surface area contributed by atoms with Gasteiger partial charge in [0, 0.05) is 19.0 Å².